The normalized spacial score (nSPS) is 16.9. The minimum atomic E-state index is -0.327. The van der Waals surface area contributed by atoms with Crippen LogP contribution in [0.1, 0.15) is 24.3 Å². The van der Waals surface area contributed by atoms with Crippen molar-refractivity contribution in [2.45, 2.75) is 25.4 Å². The molecule has 3 aromatic heterocycles. The maximum Gasteiger partial charge on any atom is 0.243 e. The van der Waals surface area contributed by atoms with Crippen LogP contribution in [0.5, 0.6) is 0 Å². The summed E-state index contributed by atoms with van der Waals surface area (Å²) < 4.78 is 7.00. The summed E-state index contributed by atoms with van der Waals surface area (Å²) in [5.74, 6) is 1.21. The number of carbonyl (C=O) groups is 1. The Labute approximate surface area is 144 Å². The smallest absolute Gasteiger partial charge is 0.243 e. The number of nitrogens with one attached hydrogen (secondary N) is 1. The number of anilines is 1. The number of hydrogen-bond acceptors (Lipinski definition) is 5. The van der Waals surface area contributed by atoms with Crippen molar-refractivity contribution in [3.63, 3.8) is 0 Å². The van der Waals surface area contributed by atoms with Crippen LogP contribution in [0.4, 0.5) is 5.82 Å². The van der Waals surface area contributed by atoms with Gasteiger partial charge < -0.3 is 14.6 Å². The predicted molar refractivity (Wildman–Crippen MR) is 90.8 cm³/mol. The standard InChI is InChI=1S/C18H17N5O2/c19-11-15-17(21-16-7-1-2-8-22(15)16)23-9-3-6-14(23)18(24)20-12-13-5-4-10-25-13/h1-2,4-5,7-8,10,14H,3,6,9,12H2,(H,20,24)/t14-/m1/s1. The maximum atomic E-state index is 12.6. The van der Waals surface area contributed by atoms with Crippen molar-refractivity contribution >= 4 is 17.4 Å². The summed E-state index contributed by atoms with van der Waals surface area (Å²) >= 11 is 0. The number of aromatic nitrogens is 2. The van der Waals surface area contributed by atoms with Crippen molar-refractivity contribution in [1.29, 1.82) is 5.26 Å². The van der Waals surface area contributed by atoms with Crippen molar-refractivity contribution in [3.8, 4) is 6.07 Å². The van der Waals surface area contributed by atoms with Gasteiger partial charge in [0.15, 0.2) is 11.5 Å². The molecular weight excluding hydrogens is 318 g/mol. The third-order valence-corrected chi connectivity index (χ3v) is 4.46. The molecule has 1 aliphatic rings. The van der Waals surface area contributed by atoms with E-state index in [1.807, 2.05) is 35.4 Å². The van der Waals surface area contributed by atoms with E-state index in [2.05, 4.69) is 16.4 Å². The molecule has 3 aromatic rings. The van der Waals surface area contributed by atoms with Gasteiger partial charge in [0, 0.05) is 12.7 Å². The molecule has 0 radical (unpaired) electrons. The van der Waals surface area contributed by atoms with Crippen LogP contribution in [0.25, 0.3) is 5.65 Å². The molecule has 1 N–H and O–H groups in total. The highest BCUT2D eigenvalue weighted by molar-refractivity contribution is 5.86. The van der Waals surface area contributed by atoms with Gasteiger partial charge in [-0.1, -0.05) is 6.07 Å². The molecule has 1 atom stereocenters. The molecule has 0 spiro atoms. The van der Waals surface area contributed by atoms with E-state index in [0.717, 1.165) is 12.8 Å². The van der Waals surface area contributed by atoms with E-state index in [4.69, 9.17) is 4.42 Å². The topological polar surface area (TPSA) is 86.6 Å². The summed E-state index contributed by atoms with van der Waals surface area (Å²) in [4.78, 5) is 19.1. The minimum absolute atomic E-state index is 0.0742. The van der Waals surface area contributed by atoms with Crippen molar-refractivity contribution in [2.75, 3.05) is 11.4 Å². The molecule has 0 aromatic carbocycles. The second kappa shape index (κ2) is 6.32. The average molecular weight is 335 g/mol. The maximum absolute atomic E-state index is 12.6. The van der Waals surface area contributed by atoms with Crippen LogP contribution in [-0.4, -0.2) is 27.9 Å². The van der Waals surface area contributed by atoms with Gasteiger partial charge in [-0.25, -0.2) is 4.98 Å². The van der Waals surface area contributed by atoms with Gasteiger partial charge in [0.05, 0.1) is 12.8 Å². The number of pyridine rings is 1. The largest absolute Gasteiger partial charge is 0.467 e. The fourth-order valence-electron chi connectivity index (χ4n) is 3.29. The first-order valence-electron chi connectivity index (χ1n) is 8.22. The van der Waals surface area contributed by atoms with E-state index in [1.165, 1.54) is 0 Å². The predicted octanol–water partition coefficient (Wildman–Crippen LogP) is 2.08. The van der Waals surface area contributed by atoms with E-state index < -0.39 is 0 Å². The van der Waals surface area contributed by atoms with E-state index in [-0.39, 0.29) is 11.9 Å². The highest BCUT2D eigenvalue weighted by atomic mass is 16.3. The van der Waals surface area contributed by atoms with Gasteiger partial charge in [-0.15, -0.1) is 0 Å². The fourth-order valence-corrected chi connectivity index (χ4v) is 3.29. The van der Waals surface area contributed by atoms with Gasteiger partial charge in [-0.05, 0) is 37.1 Å². The number of imidazole rings is 1. The molecular formula is C18H17N5O2. The lowest BCUT2D eigenvalue weighted by Crippen LogP contribution is -2.43. The van der Waals surface area contributed by atoms with Crippen LogP contribution >= 0.6 is 0 Å². The fraction of sp³-hybridized carbons (Fsp3) is 0.278. The van der Waals surface area contributed by atoms with E-state index in [9.17, 15) is 10.1 Å². The zero-order valence-electron chi connectivity index (χ0n) is 13.6. The molecule has 4 rings (SSSR count). The molecule has 7 heteroatoms. The third kappa shape index (κ3) is 2.72. The number of carbonyl (C=O) groups excluding carboxylic acids is 1. The van der Waals surface area contributed by atoms with Gasteiger partial charge >= 0.3 is 0 Å². The third-order valence-electron chi connectivity index (χ3n) is 4.46. The first-order chi connectivity index (χ1) is 12.3. The van der Waals surface area contributed by atoms with Crippen molar-refractivity contribution in [1.82, 2.24) is 14.7 Å². The molecule has 25 heavy (non-hydrogen) atoms. The first-order valence-corrected chi connectivity index (χ1v) is 8.22. The number of nitrogens with zero attached hydrogens (tertiary/aromatic N) is 4. The summed E-state index contributed by atoms with van der Waals surface area (Å²) in [7, 11) is 0. The van der Waals surface area contributed by atoms with Crippen molar-refractivity contribution < 1.29 is 9.21 Å². The molecule has 126 valence electrons. The summed E-state index contributed by atoms with van der Waals surface area (Å²) in [5, 5.41) is 12.5. The molecule has 1 fully saturated rings. The molecule has 7 nitrogen and oxygen atoms in total. The van der Waals surface area contributed by atoms with Crippen LogP contribution in [0.2, 0.25) is 0 Å². The lowest BCUT2D eigenvalue weighted by atomic mass is 10.2. The number of hydrogen-bond donors (Lipinski definition) is 1. The zero-order chi connectivity index (χ0) is 17.2. The summed E-state index contributed by atoms with van der Waals surface area (Å²) in [5.41, 5.74) is 1.16. The monoisotopic (exact) mass is 335 g/mol. The number of fused-ring (bicyclic) bond motifs is 1. The highest BCUT2D eigenvalue weighted by Crippen LogP contribution is 2.28. The Hall–Kier alpha value is -3.27. The minimum Gasteiger partial charge on any atom is -0.467 e. The number of rotatable bonds is 4. The van der Waals surface area contributed by atoms with E-state index in [1.54, 1.807) is 16.7 Å². The SMILES string of the molecule is N#Cc1c(N2CCC[C@@H]2C(=O)NCc2ccco2)nc2ccccn12. The van der Waals surface area contributed by atoms with Crippen LogP contribution in [-0.2, 0) is 11.3 Å². The van der Waals surface area contributed by atoms with Crippen LogP contribution in [0.3, 0.4) is 0 Å². The molecule has 0 bridgehead atoms. The summed E-state index contributed by atoms with van der Waals surface area (Å²) in [6, 6.07) is 11.1. The van der Waals surface area contributed by atoms with Gasteiger partial charge in [0.2, 0.25) is 5.91 Å². The highest BCUT2D eigenvalue weighted by Gasteiger charge is 2.34. The second-order valence-corrected chi connectivity index (χ2v) is 5.97. The molecule has 0 aliphatic carbocycles. The number of nitriles is 1. The lowest BCUT2D eigenvalue weighted by molar-refractivity contribution is -0.122. The molecule has 4 heterocycles. The Bertz CT molecular complexity index is 938. The molecule has 0 unspecified atom stereocenters. The molecule has 1 amide bonds. The summed E-state index contributed by atoms with van der Waals surface area (Å²) in [6.07, 6.45) is 5.02. The molecule has 1 saturated heterocycles. The quantitative estimate of drug-likeness (QED) is 0.789. The van der Waals surface area contributed by atoms with Crippen LogP contribution < -0.4 is 10.2 Å². The Morgan fingerprint density at radius 3 is 3.12 bits per heavy atom. The second-order valence-electron chi connectivity index (χ2n) is 5.97. The van der Waals surface area contributed by atoms with Gasteiger partial charge in [0.25, 0.3) is 0 Å². The summed E-state index contributed by atoms with van der Waals surface area (Å²) in [6.45, 7) is 1.06. The molecule has 0 saturated carbocycles. The van der Waals surface area contributed by atoms with Gasteiger partial charge in [-0.2, -0.15) is 5.26 Å². The van der Waals surface area contributed by atoms with E-state index in [0.29, 0.717) is 36.0 Å². The van der Waals surface area contributed by atoms with Crippen molar-refractivity contribution in [3.05, 3.63) is 54.2 Å². The Balaban J connectivity index is 1.59. The number of furan rings is 1. The van der Waals surface area contributed by atoms with Crippen LogP contribution in [0, 0.1) is 11.3 Å². The first kappa shape index (κ1) is 15.3. The van der Waals surface area contributed by atoms with Gasteiger partial charge in [0.1, 0.15) is 23.5 Å². The Morgan fingerprint density at radius 2 is 2.32 bits per heavy atom. The van der Waals surface area contributed by atoms with Gasteiger partial charge in [-0.3, -0.25) is 9.20 Å². The Morgan fingerprint density at radius 1 is 1.40 bits per heavy atom. The molecule has 1 aliphatic heterocycles. The van der Waals surface area contributed by atoms with E-state index >= 15 is 0 Å². The number of amides is 1. The Kier molecular flexibility index (Phi) is 3.86. The lowest BCUT2D eigenvalue weighted by Gasteiger charge is -2.23. The average Bonchev–Trinajstić information content (AvgIpc) is 3.37. The zero-order valence-corrected chi connectivity index (χ0v) is 13.6. The van der Waals surface area contributed by atoms with Crippen LogP contribution in [0.15, 0.2) is 47.2 Å². The van der Waals surface area contributed by atoms with Crippen molar-refractivity contribution in [2.24, 2.45) is 0 Å².